The Morgan fingerprint density at radius 2 is 1.85 bits per heavy atom. The molecule has 0 atom stereocenters. The van der Waals surface area contributed by atoms with Crippen molar-refractivity contribution in [3.05, 3.63) is 30.3 Å². The van der Waals surface area contributed by atoms with Crippen molar-refractivity contribution in [1.82, 2.24) is 9.62 Å². The molecule has 6 nitrogen and oxygen atoms in total. The summed E-state index contributed by atoms with van der Waals surface area (Å²) in [4.78, 5) is 2.29. The lowest BCUT2D eigenvalue weighted by Gasteiger charge is -2.39. The number of likely N-dealkylation sites (tertiary alicyclic amines) is 1. The monoisotopic (exact) mass is 296 g/mol. The van der Waals surface area contributed by atoms with Crippen molar-refractivity contribution in [1.29, 1.82) is 5.41 Å². The SMILES string of the molecule is CN1CCC(NS(=O)(=O)c2ccccc2)(C(=N)N)CC1. The van der Waals surface area contributed by atoms with Crippen LogP contribution in [0.1, 0.15) is 12.8 Å². The Balaban J connectivity index is 2.27. The van der Waals surface area contributed by atoms with Gasteiger partial charge in [-0.25, -0.2) is 8.42 Å². The van der Waals surface area contributed by atoms with E-state index < -0.39 is 15.6 Å². The number of hydrogen-bond acceptors (Lipinski definition) is 4. The molecule has 0 radical (unpaired) electrons. The summed E-state index contributed by atoms with van der Waals surface area (Å²) in [5.74, 6) is -0.120. The lowest BCUT2D eigenvalue weighted by molar-refractivity contribution is 0.218. The van der Waals surface area contributed by atoms with E-state index in [-0.39, 0.29) is 10.7 Å². The van der Waals surface area contributed by atoms with Crippen molar-refractivity contribution >= 4 is 15.9 Å². The number of nitrogens with two attached hydrogens (primary N) is 1. The van der Waals surface area contributed by atoms with Crippen LogP contribution in [-0.4, -0.2) is 44.8 Å². The Kier molecular flexibility index (Phi) is 4.12. The minimum absolute atomic E-state index is 0.120. The van der Waals surface area contributed by atoms with Gasteiger partial charge in [-0.1, -0.05) is 18.2 Å². The third-order valence-electron chi connectivity index (χ3n) is 3.74. The fourth-order valence-electron chi connectivity index (χ4n) is 2.34. The van der Waals surface area contributed by atoms with E-state index in [0.717, 1.165) is 0 Å². The Morgan fingerprint density at radius 1 is 1.30 bits per heavy atom. The van der Waals surface area contributed by atoms with Crippen LogP contribution in [0.2, 0.25) is 0 Å². The summed E-state index contributed by atoms with van der Waals surface area (Å²) >= 11 is 0. The van der Waals surface area contributed by atoms with Crippen LogP contribution >= 0.6 is 0 Å². The zero-order valence-corrected chi connectivity index (χ0v) is 12.3. The molecule has 1 fully saturated rings. The van der Waals surface area contributed by atoms with Crippen LogP contribution < -0.4 is 10.5 Å². The van der Waals surface area contributed by atoms with Crippen LogP contribution in [0.15, 0.2) is 35.2 Å². The smallest absolute Gasteiger partial charge is 0.241 e. The molecule has 1 aromatic rings. The summed E-state index contributed by atoms with van der Waals surface area (Å²) in [7, 11) is -1.70. The molecule has 0 unspecified atom stereocenters. The number of piperidine rings is 1. The highest BCUT2D eigenvalue weighted by Gasteiger charge is 2.40. The van der Waals surface area contributed by atoms with Gasteiger partial charge in [-0.2, -0.15) is 4.72 Å². The molecule has 0 bridgehead atoms. The fourth-order valence-corrected chi connectivity index (χ4v) is 3.80. The molecular formula is C13H20N4O2S. The highest BCUT2D eigenvalue weighted by Crippen LogP contribution is 2.24. The molecule has 0 saturated carbocycles. The number of rotatable bonds is 4. The van der Waals surface area contributed by atoms with Gasteiger partial charge >= 0.3 is 0 Å². The maximum atomic E-state index is 12.4. The fraction of sp³-hybridized carbons (Fsp3) is 0.462. The van der Waals surface area contributed by atoms with Gasteiger partial charge < -0.3 is 10.6 Å². The number of nitrogens with zero attached hydrogens (tertiary/aromatic N) is 1. The molecule has 1 heterocycles. The minimum atomic E-state index is -3.67. The average molecular weight is 296 g/mol. The Morgan fingerprint density at radius 3 is 2.35 bits per heavy atom. The molecule has 0 aromatic heterocycles. The molecule has 1 aromatic carbocycles. The Bertz CT molecular complexity index is 578. The van der Waals surface area contributed by atoms with Gasteiger partial charge in [0.15, 0.2) is 0 Å². The summed E-state index contributed by atoms with van der Waals surface area (Å²) in [6, 6.07) is 8.17. The molecule has 20 heavy (non-hydrogen) atoms. The van der Waals surface area contributed by atoms with E-state index in [9.17, 15) is 8.42 Å². The third kappa shape index (κ3) is 3.00. The predicted octanol–water partition coefficient (Wildman–Crippen LogP) is 0.365. The molecule has 0 spiro atoms. The summed E-state index contributed by atoms with van der Waals surface area (Å²) in [5, 5.41) is 7.78. The second-order valence-electron chi connectivity index (χ2n) is 5.22. The minimum Gasteiger partial charge on any atom is -0.386 e. The van der Waals surface area contributed by atoms with Gasteiger partial charge in [-0.3, -0.25) is 5.41 Å². The second kappa shape index (κ2) is 5.51. The summed E-state index contributed by atoms with van der Waals surface area (Å²) in [6.07, 6.45) is 1.01. The van der Waals surface area contributed by atoms with Gasteiger partial charge in [-0.05, 0) is 32.0 Å². The van der Waals surface area contributed by atoms with Crippen LogP contribution in [0.5, 0.6) is 0 Å². The first-order valence-electron chi connectivity index (χ1n) is 6.48. The summed E-state index contributed by atoms with van der Waals surface area (Å²) < 4.78 is 27.5. The Hall–Kier alpha value is -1.44. The largest absolute Gasteiger partial charge is 0.386 e. The maximum absolute atomic E-state index is 12.4. The third-order valence-corrected chi connectivity index (χ3v) is 5.29. The van der Waals surface area contributed by atoms with Crippen molar-refractivity contribution in [3.63, 3.8) is 0 Å². The first kappa shape index (κ1) is 15.0. The van der Waals surface area contributed by atoms with E-state index in [4.69, 9.17) is 11.1 Å². The van der Waals surface area contributed by atoms with E-state index in [1.165, 1.54) is 12.1 Å². The molecule has 1 aliphatic heterocycles. The average Bonchev–Trinajstić information content (AvgIpc) is 2.42. The van der Waals surface area contributed by atoms with E-state index in [1.807, 2.05) is 7.05 Å². The molecule has 4 N–H and O–H groups in total. The molecule has 0 amide bonds. The maximum Gasteiger partial charge on any atom is 0.241 e. The van der Waals surface area contributed by atoms with Crippen LogP contribution in [0.3, 0.4) is 0 Å². The van der Waals surface area contributed by atoms with Crippen LogP contribution in [0, 0.1) is 5.41 Å². The van der Waals surface area contributed by atoms with E-state index >= 15 is 0 Å². The summed E-state index contributed by atoms with van der Waals surface area (Å²) in [6.45, 7) is 1.41. The van der Waals surface area contributed by atoms with Crippen LogP contribution in [0.25, 0.3) is 0 Å². The molecule has 7 heteroatoms. The molecule has 2 rings (SSSR count). The molecule has 1 saturated heterocycles. The van der Waals surface area contributed by atoms with Crippen molar-refractivity contribution in [2.75, 3.05) is 20.1 Å². The van der Waals surface area contributed by atoms with E-state index in [1.54, 1.807) is 18.2 Å². The van der Waals surface area contributed by atoms with Gasteiger partial charge in [0.1, 0.15) is 5.84 Å². The van der Waals surface area contributed by atoms with Crippen molar-refractivity contribution < 1.29 is 8.42 Å². The van der Waals surface area contributed by atoms with Crippen LogP contribution in [0.4, 0.5) is 0 Å². The first-order chi connectivity index (χ1) is 9.36. The topological polar surface area (TPSA) is 99.3 Å². The summed E-state index contributed by atoms with van der Waals surface area (Å²) in [5.41, 5.74) is 4.70. The first-order valence-corrected chi connectivity index (χ1v) is 7.96. The quantitative estimate of drug-likeness (QED) is 0.552. The van der Waals surface area contributed by atoms with Crippen molar-refractivity contribution in [3.8, 4) is 0 Å². The predicted molar refractivity (Wildman–Crippen MR) is 78.1 cm³/mol. The van der Waals surface area contributed by atoms with E-state index in [0.29, 0.717) is 25.9 Å². The highest BCUT2D eigenvalue weighted by molar-refractivity contribution is 7.89. The van der Waals surface area contributed by atoms with Crippen molar-refractivity contribution in [2.24, 2.45) is 5.73 Å². The van der Waals surface area contributed by atoms with Gasteiger partial charge in [0.05, 0.1) is 10.4 Å². The number of benzene rings is 1. The van der Waals surface area contributed by atoms with Crippen molar-refractivity contribution in [2.45, 2.75) is 23.3 Å². The Labute approximate surface area is 119 Å². The van der Waals surface area contributed by atoms with Gasteiger partial charge in [-0.15, -0.1) is 0 Å². The lowest BCUT2D eigenvalue weighted by Crippen LogP contribution is -2.61. The second-order valence-corrected chi connectivity index (χ2v) is 6.90. The molecule has 0 aliphatic carbocycles. The normalized spacial score (nSPS) is 19.6. The molecule has 110 valence electrons. The molecule has 1 aliphatic rings. The number of amidine groups is 1. The zero-order chi connectivity index (χ0) is 14.8. The van der Waals surface area contributed by atoms with Gasteiger partial charge in [0, 0.05) is 13.1 Å². The van der Waals surface area contributed by atoms with Gasteiger partial charge in [0.25, 0.3) is 0 Å². The van der Waals surface area contributed by atoms with E-state index in [2.05, 4.69) is 9.62 Å². The number of hydrogen-bond donors (Lipinski definition) is 3. The lowest BCUT2D eigenvalue weighted by atomic mass is 9.88. The number of nitrogens with one attached hydrogen (secondary N) is 2. The standard InChI is InChI=1S/C13H20N4O2S/c1-17-9-7-13(8-10-17,12(14)15)16-20(18,19)11-5-3-2-4-6-11/h2-6,16H,7-10H2,1H3,(H3,14,15). The molecular weight excluding hydrogens is 276 g/mol. The zero-order valence-electron chi connectivity index (χ0n) is 11.5. The van der Waals surface area contributed by atoms with Crippen LogP contribution in [-0.2, 0) is 10.0 Å². The highest BCUT2D eigenvalue weighted by atomic mass is 32.2. The number of sulfonamides is 1. The van der Waals surface area contributed by atoms with Gasteiger partial charge in [0.2, 0.25) is 10.0 Å².